The monoisotopic (exact) mass is 229 g/mol. The molecule has 1 aliphatic carbocycles. The van der Waals surface area contributed by atoms with Crippen LogP contribution >= 0.6 is 0 Å². The molecule has 0 aromatic carbocycles. The molecule has 0 bridgehead atoms. The summed E-state index contributed by atoms with van der Waals surface area (Å²) in [4.78, 5) is 4.84. The van der Waals surface area contributed by atoms with Gasteiger partial charge in [-0.1, -0.05) is 12.5 Å². The third-order valence-electron chi connectivity index (χ3n) is 3.81. The van der Waals surface area contributed by atoms with Gasteiger partial charge in [0.05, 0.1) is 11.2 Å². The van der Waals surface area contributed by atoms with Gasteiger partial charge in [0.25, 0.3) is 0 Å². The minimum absolute atomic E-state index is 0.662. The van der Waals surface area contributed by atoms with Gasteiger partial charge in [-0.15, -0.1) is 0 Å². The Morgan fingerprint density at radius 3 is 2.88 bits per heavy atom. The van der Waals surface area contributed by atoms with Gasteiger partial charge >= 0.3 is 0 Å². The van der Waals surface area contributed by atoms with Crippen molar-refractivity contribution in [2.45, 2.75) is 38.5 Å². The second-order valence-corrected chi connectivity index (χ2v) is 4.97. The van der Waals surface area contributed by atoms with Crippen molar-refractivity contribution >= 4 is 5.52 Å². The molecule has 0 saturated heterocycles. The molecule has 0 spiro atoms. The van der Waals surface area contributed by atoms with Crippen LogP contribution in [0.25, 0.3) is 5.52 Å². The highest BCUT2D eigenvalue weighted by molar-refractivity contribution is 5.55. The van der Waals surface area contributed by atoms with Crippen molar-refractivity contribution in [1.82, 2.24) is 9.38 Å². The molecule has 2 N–H and O–H groups in total. The number of aryl methyl sites for hydroxylation is 1. The Labute approximate surface area is 102 Å². The van der Waals surface area contributed by atoms with Gasteiger partial charge in [-0.3, -0.25) is 0 Å². The first-order valence-electron chi connectivity index (χ1n) is 6.48. The van der Waals surface area contributed by atoms with E-state index in [-0.39, 0.29) is 0 Å². The molecule has 3 rings (SSSR count). The molecule has 0 radical (unpaired) electrons. The van der Waals surface area contributed by atoms with Gasteiger partial charge in [-0.05, 0) is 38.4 Å². The highest BCUT2D eigenvalue weighted by Gasteiger charge is 2.25. The summed E-state index contributed by atoms with van der Waals surface area (Å²) in [6, 6.07) is 6.42. The molecule has 1 aliphatic rings. The van der Waals surface area contributed by atoms with Crippen LogP contribution < -0.4 is 5.73 Å². The van der Waals surface area contributed by atoms with Crippen molar-refractivity contribution in [2.24, 2.45) is 5.73 Å². The summed E-state index contributed by atoms with van der Waals surface area (Å²) >= 11 is 0. The van der Waals surface area contributed by atoms with Crippen LogP contribution in [0.1, 0.15) is 42.4 Å². The minimum Gasteiger partial charge on any atom is -0.330 e. The fourth-order valence-electron chi connectivity index (χ4n) is 2.65. The summed E-state index contributed by atoms with van der Waals surface area (Å²) in [5, 5.41) is 0. The molecule has 0 atom stereocenters. The van der Waals surface area contributed by atoms with Crippen LogP contribution in [0, 0.1) is 6.92 Å². The van der Waals surface area contributed by atoms with Crippen LogP contribution in [0.15, 0.2) is 18.2 Å². The topological polar surface area (TPSA) is 43.3 Å². The van der Waals surface area contributed by atoms with Gasteiger partial charge in [0.1, 0.15) is 5.82 Å². The van der Waals surface area contributed by atoms with E-state index in [2.05, 4.69) is 29.5 Å². The number of pyridine rings is 1. The van der Waals surface area contributed by atoms with E-state index < -0.39 is 0 Å². The Morgan fingerprint density at radius 2 is 2.24 bits per heavy atom. The van der Waals surface area contributed by atoms with E-state index in [1.165, 1.54) is 36.3 Å². The quantitative estimate of drug-likeness (QED) is 0.878. The third-order valence-corrected chi connectivity index (χ3v) is 3.81. The first-order chi connectivity index (χ1) is 8.31. The Balaban J connectivity index is 2.19. The lowest BCUT2D eigenvalue weighted by Crippen LogP contribution is -2.13. The van der Waals surface area contributed by atoms with Gasteiger partial charge in [0, 0.05) is 18.0 Å². The average Bonchev–Trinajstić information content (AvgIpc) is 2.57. The van der Waals surface area contributed by atoms with Crippen molar-refractivity contribution in [3.8, 4) is 0 Å². The molecule has 3 nitrogen and oxygen atoms in total. The van der Waals surface area contributed by atoms with Crippen LogP contribution in [-0.4, -0.2) is 15.9 Å². The molecule has 17 heavy (non-hydrogen) atoms. The van der Waals surface area contributed by atoms with E-state index in [1.54, 1.807) is 0 Å². The molecule has 0 unspecified atom stereocenters. The largest absolute Gasteiger partial charge is 0.330 e. The van der Waals surface area contributed by atoms with Gasteiger partial charge in [0.2, 0.25) is 0 Å². The fourth-order valence-corrected chi connectivity index (χ4v) is 2.65. The molecule has 90 valence electrons. The lowest BCUT2D eigenvalue weighted by Gasteiger charge is -2.24. The van der Waals surface area contributed by atoms with Gasteiger partial charge < -0.3 is 10.1 Å². The molecule has 0 aliphatic heterocycles. The van der Waals surface area contributed by atoms with Gasteiger partial charge in [-0.25, -0.2) is 4.98 Å². The molecule has 3 heteroatoms. The molecule has 2 aromatic heterocycles. The standard InChI is InChI=1S/C14H19N3/c1-10-4-2-7-13-12(8-9-15)16-14(17(10)13)11-5-3-6-11/h2,4,7,11H,3,5-6,8-9,15H2,1H3. The minimum atomic E-state index is 0.662. The zero-order chi connectivity index (χ0) is 11.8. The Bertz CT molecular complexity index is 538. The summed E-state index contributed by atoms with van der Waals surface area (Å²) < 4.78 is 2.33. The normalized spacial score (nSPS) is 16.4. The van der Waals surface area contributed by atoms with Crippen LogP contribution in [0.4, 0.5) is 0 Å². The van der Waals surface area contributed by atoms with Gasteiger partial charge in [-0.2, -0.15) is 0 Å². The zero-order valence-electron chi connectivity index (χ0n) is 10.3. The van der Waals surface area contributed by atoms with Crippen molar-refractivity contribution in [1.29, 1.82) is 0 Å². The second-order valence-electron chi connectivity index (χ2n) is 4.97. The molecular weight excluding hydrogens is 210 g/mol. The molecule has 2 heterocycles. The van der Waals surface area contributed by atoms with Crippen molar-refractivity contribution < 1.29 is 0 Å². The highest BCUT2D eigenvalue weighted by Crippen LogP contribution is 2.36. The van der Waals surface area contributed by atoms with Crippen LogP contribution in [0.2, 0.25) is 0 Å². The fraction of sp³-hybridized carbons (Fsp3) is 0.500. The Kier molecular flexibility index (Phi) is 2.63. The Morgan fingerprint density at radius 1 is 1.41 bits per heavy atom. The van der Waals surface area contributed by atoms with Crippen LogP contribution in [-0.2, 0) is 6.42 Å². The maximum Gasteiger partial charge on any atom is 0.116 e. The van der Waals surface area contributed by atoms with Crippen molar-refractivity contribution in [2.75, 3.05) is 6.54 Å². The summed E-state index contributed by atoms with van der Waals surface area (Å²) in [6.07, 6.45) is 4.79. The summed E-state index contributed by atoms with van der Waals surface area (Å²) in [5.41, 5.74) is 9.36. The lowest BCUT2D eigenvalue weighted by atomic mass is 9.85. The average molecular weight is 229 g/mol. The smallest absolute Gasteiger partial charge is 0.116 e. The van der Waals surface area contributed by atoms with E-state index in [0.717, 1.165) is 12.1 Å². The van der Waals surface area contributed by atoms with E-state index >= 15 is 0 Å². The molecule has 1 saturated carbocycles. The molecule has 1 fully saturated rings. The maximum absolute atomic E-state index is 5.67. The number of fused-ring (bicyclic) bond motifs is 1. The number of hydrogen-bond donors (Lipinski definition) is 1. The van der Waals surface area contributed by atoms with E-state index in [9.17, 15) is 0 Å². The Hall–Kier alpha value is -1.35. The lowest BCUT2D eigenvalue weighted by molar-refractivity contribution is 0.399. The predicted molar refractivity (Wildman–Crippen MR) is 69.3 cm³/mol. The number of nitrogens with two attached hydrogens (primary N) is 1. The molecular formula is C14H19N3. The third kappa shape index (κ3) is 1.65. The first-order valence-corrected chi connectivity index (χ1v) is 6.48. The van der Waals surface area contributed by atoms with E-state index in [0.29, 0.717) is 12.5 Å². The number of rotatable bonds is 3. The van der Waals surface area contributed by atoms with E-state index in [4.69, 9.17) is 10.7 Å². The van der Waals surface area contributed by atoms with Crippen molar-refractivity contribution in [3.63, 3.8) is 0 Å². The summed E-state index contributed by atoms with van der Waals surface area (Å²) in [7, 11) is 0. The SMILES string of the molecule is Cc1cccc2c(CCN)nc(C3CCC3)n12. The predicted octanol–water partition coefficient (Wildman–Crippen LogP) is 2.41. The van der Waals surface area contributed by atoms with Crippen molar-refractivity contribution in [3.05, 3.63) is 35.4 Å². The number of aromatic nitrogens is 2. The maximum atomic E-state index is 5.67. The van der Waals surface area contributed by atoms with Crippen LogP contribution in [0.5, 0.6) is 0 Å². The highest BCUT2D eigenvalue weighted by atomic mass is 15.0. The molecule has 2 aromatic rings. The van der Waals surface area contributed by atoms with E-state index in [1.807, 2.05) is 0 Å². The zero-order valence-corrected chi connectivity index (χ0v) is 10.3. The summed E-state index contributed by atoms with van der Waals surface area (Å²) in [5.74, 6) is 1.92. The molecule has 0 amide bonds. The summed E-state index contributed by atoms with van der Waals surface area (Å²) in [6.45, 7) is 2.83. The number of nitrogens with zero attached hydrogens (tertiary/aromatic N) is 2. The van der Waals surface area contributed by atoms with Gasteiger partial charge in [0.15, 0.2) is 0 Å². The second kappa shape index (κ2) is 4.15. The number of imidazole rings is 1. The number of hydrogen-bond acceptors (Lipinski definition) is 2. The van der Waals surface area contributed by atoms with Crippen LogP contribution in [0.3, 0.4) is 0 Å². The first kappa shape index (κ1) is 10.8.